The van der Waals surface area contributed by atoms with E-state index in [-0.39, 0.29) is 11.9 Å². The molecule has 3 aliphatic rings. The zero-order chi connectivity index (χ0) is 22.2. The second-order valence-corrected chi connectivity index (χ2v) is 10.4. The van der Waals surface area contributed by atoms with E-state index in [2.05, 4.69) is 24.0 Å². The van der Waals surface area contributed by atoms with Gasteiger partial charge in [0.2, 0.25) is 0 Å². The number of benzene rings is 2. The molecule has 1 amide bonds. The molecule has 2 heterocycles. The molecule has 0 atom stereocenters. The highest BCUT2D eigenvalue weighted by molar-refractivity contribution is 8.19. The highest BCUT2D eigenvalue weighted by Crippen LogP contribution is 2.51. The Balaban J connectivity index is 1.56. The third-order valence-electron chi connectivity index (χ3n) is 6.32. The van der Waals surface area contributed by atoms with E-state index in [0.29, 0.717) is 0 Å². The molecule has 0 N–H and O–H groups in total. The predicted molar refractivity (Wildman–Crippen MR) is 134 cm³/mol. The number of rotatable bonds is 3. The van der Waals surface area contributed by atoms with Crippen LogP contribution in [0.1, 0.15) is 37.7 Å². The van der Waals surface area contributed by atoms with E-state index in [0.717, 1.165) is 55.5 Å². The number of ether oxygens (including phenoxy) is 1. The van der Waals surface area contributed by atoms with Crippen LogP contribution in [-0.4, -0.2) is 36.2 Å². The largest absolute Gasteiger partial charge is 0.497 e. The number of aliphatic imine (C=N–C) groups is 1. The summed E-state index contributed by atoms with van der Waals surface area (Å²) in [6.45, 7) is 2.07. The molecule has 5 rings (SSSR count). The molecule has 2 aliphatic heterocycles. The van der Waals surface area contributed by atoms with Gasteiger partial charge in [0.25, 0.3) is 5.91 Å². The zero-order valence-corrected chi connectivity index (χ0v) is 20.3. The standard InChI is InChI=1S/C25H27N3O2S2/c1-16-9-7-8-12-19(16)26-25-28(17-10-5-4-6-11-17)23(29)22(32-25)24-27(2)20-15-18(30-3)13-14-21(20)31-24/h7-9,12-15,17H,4-6,10-11H2,1-3H3. The number of hydrogen-bond donors (Lipinski definition) is 0. The van der Waals surface area contributed by atoms with Gasteiger partial charge in [-0.3, -0.25) is 9.69 Å². The summed E-state index contributed by atoms with van der Waals surface area (Å²) in [6, 6.07) is 14.4. The van der Waals surface area contributed by atoms with Gasteiger partial charge < -0.3 is 9.64 Å². The van der Waals surface area contributed by atoms with Crippen molar-refractivity contribution in [1.29, 1.82) is 0 Å². The number of amidine groups is 1. The third-order valence-corrected chi connectivity index (χ3v) is 8.73. The van der Waals surface area contributed by atoms with Gasteiger partial charge in [-0.15, -0.1) is 0 Å². The van der Waals surface area contributed by atoms with Crippen molar-refractivity contribution in [2.45, 2.75) is 50.0 Å². The van der Waals surface area contributed by atoms with E-state index in [4.69, 9.17) is 9.73 Å². The Labute approximate surface area is 197 Å². The van der Waals surface area contributed by atoms with Gasteiger partial charge in [-0.2, -0.15) is 0 Å². The number of anilines is 1. The molecular formula is C25H27N3O2S2. The van der Waals surface area contributed by atoms with Gasteiger partial charge in [0, 0.05) is 24.1 Å². The summed E-state index contributed by atoms with van der Waals surface area (Å²) in [7, 11) is 3.70. The highest BCUT2D eigenvalue weighted by atomic mass is 32.2. The van der Waals surface area contributed by atoms with Crippen molar-refractivity contribution in [3.63, 3.8) is 0 Å². The second-order valence-electron chi connectivity index (χ2n) is 8.38. The molecule has 2 aromatic carbocycles. The number of methoxy groups -OCH3 is 1. The number of amides is 1. The number of aryl methyl sites for hydroxylation is 1. The van der Waals surface area contributed by atoms with Gasteiger partial charge in [-0.1, -0.05) is 49.2 Å². The predicted octanol–water partition coefficient (Wildman–Crippen LogP) is 6.31. The SMILES string of the molecule is COc1ccc2c(c1)N(C)C(=C1SC(=Nc3ccccc3C)N(C3CCCCC3)C1=O)S2. The number of thioether (sulfide) groups is 2. The number of hydrogen-bond acceptors (Lipinski definition) is 6. The van der Waals surface area contributed by atoms with Crippen molar-refractivity contribution in [2.24, 2.45) is 4.99 Å². The molecule has 1 aliphatic carbocycles. The Kier molecular flexibility index (Phi) is 5.95. The van der Waals surface area contributed by atoms with Crippen LogP contribution >= 0.6 is 23.5 Å². The van der Waals surface area contributed by atoms with Crippen LogP contribution in [0, 0.1) is 6.92 Å². The molecule has 0 aromatic heterocycles. The molecule has 1 saturated carbocycles. The zero-order valence-electron chi connectivity index (χ0n) is 18.6. The fourth-order valence-electron chi connectivity index (χ4n) is 4.50. The summed E-state index contributed by atoms with van der Waals surface area (Å²) >= 11 is 3.17. The Morgan fingerprint density at radius 2 is 1.84 bits per heavy atom. The molecule has 166 valence electrons. The van der Waals surface area contributed by atoms with Crippen molar-refractivity contribution in [2.75, 3.05) is 19.1 Å². The van der Waals surface area contributed by atoms with Crippen molar-refractivity contribution in [1.82, 2.24) is 4.90 Å². The van der Waals surface area contributed by atoms with Crippen LogP contribution in [0.5, 0.6) is 5.75 Å². The summed E-state index contributed by atoms with van der Waals surface area (Å²) in [5.74, 6) is 0.904. The van der Waals surface area contributed by atoms with Crippen LogP contribution in [0.25, 0.3) is 0 Å². The van der Waals surface area contributed by atoms with Gasteiger partial charge in [-0.05, 0) is 55.3 Å². The van der Waals surface area contributed by atoms with E-state index < -0.39 is 0 Å². The lowest BCUT2D eigenvalue weighted by molar-refractivity contribution is -0.124. The van der Waals surface area contributed by atoms with Gasteiger partial charge in [0.15, 0.2) is 5.17 Å². The van der Waals surface area contributed by atoms with Gasteiger partial charge in [0.1, 0.15) is 10.7 Å². The van der Waals surface area contributed by atoms with Crippen LogP contribution in [0.3, 0.4) is 0 Å². The Morgan fingerprint density at radius 3 is 2.59 bits per heavy atom. The molecule has 2 aromatic rings. The molecule has 32 heavy (non-hydrogen) atoms. The normalized spacial score (nSPS) is 22.7. The maximum atomic E-state index is 13.8. The summed E-state index contributed by atoms with van der Waals surface area (Å²) in [5, 5.41) is 1.78. The smallest absolute Gasteiger partial charge is 0.269 e. The van der Waals surface area contributed by atoms with Crippen LogP contribution in [-0.2, 0) is 4.79 Å². The number of carbonyl (C=O) groups excluding carboxylic acids is 1. The molecule has 5 nitrogen and oxygen atoms in total. The molecular weight excluding hydrogens is 438 g/mol. The van der Waals surface area contributed by atoms with E-state index in [9.17, 15) is 4.79 Å². The summed E-state index contributed by atoms with van der Waals surface area (Å²) in [4.78, 5) is 24.8. The minimum atomic E-state index is 0.0864. The number of para-hydroxylation sites is 1. The van der Waals surface area contributed by atoms with Crippen molar-refractivity contribution < 1.29 is 9.53 Å². The van der Waals surface area contributed by atoms with Crippen molar-refractivity contribution >= 4 is 46.0 Å². The minimum absolute atomic E-state index is 0.0864. The first-order valence-electron chi connectivity index (χ1n) is 11.1. The Hall–Kier alpha value is -2.38. The van der Waals surface area contributed by atoms with E-state index >= 15 is 0 Å². The van der Waals surface area contributed by atoms with Gasteiger partial charge in [-0.25, -0.2) is 4.99 Å². The first-order chi connectivity index (χ1) is 15.6. The van der Waals surface area contributed by atoms with Gasteiger partial charge in [0.05, 0.1) is 23.5 Å². The summed E-state index contributed by atoms with van der Waals surface area (Å²) in [6.07, 6.45) is 5.68. The average molecular weight is 466 g/mol. The van der Waals surface area contributed by atoms with E-state index in [1.54, 1.807) is 18.9 Å². The molecule has 0 spiro atoms. The van der Waals surface area contributed by atoms with Crippen LogP contribution in [0.15, 0.2) is 62.3 Å². The third kappa shape index (κ3) is 3.82. The van der Waals surface area contributed by atoms with E-state index in [1.807, 2.05) is 42.3 Å². The Bertz CT molecular complexity index is 1120. The molecule has 0 unspecified atom stereocenters. The average Bonchev–Trinajstić information content (AvgIpc) is 3.31. The first-order valence-corrected chi connectivity index (χ1v) is 12.7. The van der Waals surface area contributed by atoms with Gasteiger partial charge >= 0.3 is 0 Å². The number of fused-ring (bicyclic) bond motifs is 1. The van der Waals surface area contributed by atoms with Crippen LogP contribution in [0.4, 0.5) is 11.4 Å². The fourth-order valence-corrected chi connectivity index (χ4v) is 6.88. The minimum Gasteiger partial charge on any atom is -0.497 e. The lowest BCUT2D eigenvalue weighted by atomic mass is 9.94. The monoisotopic (exact) mass is 465 g/mol. The molecule has 0 radical (unpaired) electrons. The van der Waals surface area contributed by atoms with Crippen LogP contribution in [0.2, 0.25) is 0 Å². The molecule has 2 fully saturated rings. The summed E-state index contributed by atoms with van der Waals surface area (Å²) < 4.78 is 5.41. The number of nitrogens with zero attached hydrogens (tertiary/aromatic N) is 3. The first kappa shape index (κ1) is 21.5. The van der Waals surface area contributed by atoms with E-state index in [1.165, 1.54) is 31.0 Å². The number of carbonyl (C=O) groups is 1. The Morgan fingerprint density at radius 1 is 1.06 bits per heavy atom. The molecule has 0 bridgehead atoms. The maximum Gasteiger partial charge on any atom is 0.269 e. The van der Waals surface area contributed by atoms with Crippen LogP contribution < -0.4 is 9.64 Å². The molecule has 1 saturated heterocycles. The molecule has 7 heteroatoms. The summed E-state index contributed by atoms with van der Waals surface area (Å²) in [5.41, 5.74) is 3.11. The maximum absolute atomic E-state index is 13.8. The van der Waals surface area contributed by atoms with Crippen molar-refractivity contribution in [3.8, 4) is 5.75 Å². The fraction of sp³-hybridized carbons (Fsp3) is 0.360. The topological polar surface area (TPSA) is 45.1 Å². The lowest BCUT2D eigenvalue weighted by Gasteiger charge is -2.30. The second kappa shape index (κ2) is 8.87. The lowest BCUT2D eigenvalue weighted by Crippen LogP contribution is -2.40. The highest BCUT2D eigenvalue weighted by Gasteiger charge is 2.42. The quantitative estimate of drug-likeness (QED) is 0.497. The van der Waals surface area contributed by atoms with Crippen molar-refractivity contribution in [3.05, 3.63) is 58.0 Å².